The van der Waals surface area contributed by atoms with E-state index in [0.717, 1.165) is 0 Å². The van der Waals surface area contributed by atoms with Crippen LogP contribution < -0.4 is 0 Å². The molecule has 0 heterocycles. The van der Waals surface area contributed by atoms with Crippen LogP contribution in [0.4, 0.5) is 0 Å². The lowest BCUT2D eigenvalue weighted by atomic mass is 10.8. The van der Waals surface area contributed by atoms with Gasteiger partial charge in [-0.25, -0.2) is 0 Å². The highest BCUT2D eigenvalue weighted by molar-refractivity contribution is 7.38. The van der Waals surface area contributed by atoms with Crippen LogP contribution in [0.5, 0.6) is 0 Å². The standard InChI is InChI=1S/C6H11O2PSi/c1-10(2,3)6-4-5-9(7)8/h5H2,1-3H3/p+1. The average Bonchev–Trinajstić information content (AvgIpc) is 1.59. The van der Waals surface area contributed by atoms with Crippen molar-refractivity contribution in [1.29, 1.82) is 0 Å². The molecular formula is C6H12O2PSi+. The average molecular weight is 175 g/mol. The Morgan fingerprint density at radius 3 is 2.30 bits per heavy atom. The van der Waals surface area contributed by atoms with Crippen LogP contribution in [0.3, 0.4) is 0 Å². The van der Waals surface area contributed by atoms with Crippen LogP contribution in [0.15, 0.2) is 0 Å². The second kappa shape index (κ2) is 3.87. The van der Waals surface area contributed by atoms with Gasteiger partial charge in [0.05, 0.1) is 0 Å². The molecule has 0 aliphatic rings. The van der Waals surface area contributed by atoms with Crippen LogP contribution in [0.25, 0.3) is 0 Å². The molecule has 1 unspecified atom stereocenters. The minimum Gasteiger partial charge on any atom is -0.160 e. The van der Waals surface area contributed by atoms with Crippen molar-refractivity contribution >= 4 is 16.1 Å². The molecule has 1 N–H and O–H groups in total. The molecule has 0 amide bonds. The first-order chi connectivity index (χ1) is 4.42. The van der Waals surface area contributed by atoms with Gasteiger partial charge in [0.2, 0.25) is 6.16 Å². The molecule has 10 heavy (non-hydrogen) atoms. The van der Waals surface area contributed by atoms with E-state index in [1.165, 1.54) is 0 Å². The van der Waals surface area contributed by atoms with Crippen molar-refractivity contribution in [3.8, 4) is 11.5 Å². The highest BCUT2D eigenvalue weighted by atomic mass is 31.1. The molecule has 0 aromatic rings. The summed E-state index contributed by atoms with van der Waals surface area (Å²) in [5, 5.41) is 0. The molecule has 0 radical (unpaired) electrons. The minimum absolute atomic E-state index is 0.125. The van der Waals surface area contributed by atoms with Gasteiger partial charge in [-0.15, -0.1) is 5.54 Å². The van der Waals surface area contributed by atoms with Gasteiger partial charge in [-0.2, -0.15) is 4.89 Å². The summed E-state index contributed by atoms with van der Waals surface area (Å²) >= 11 is 0. The van der Waals surface area contributed by atoms with E-state index in [4.69, 9.17) is 4.89 Å². The van der Waals surface area contributed by atoms with Crippen molar-refractivity contribution in [2.45, 2.75) is 19.6 Å². The molecule has 4 heteroatoms. The largest absolute Gasteiger partial charge is 0.518 e. The third kappa shape index (κ3) is 7.84. The summed E-state index contributed by atoms with van der Waals surface area (Å²) in [6, 6.07) is 0. The molecule has 0 aliphatic heterocycles. The van der Waals surface area contributed by atoms with Gasteiger partial charge >= 0.3 is 8.03 Å². The van der Waals surface area contributed by atoms with Crippen molar-refractivity contribution in [2.75, 3.05) is 6.16 Å². The van der Waals surface area contributed by atoms with Crippen molar-refractivity contribution in [3.05, 3.63) is 0 Å². The van der Waals surface area contributed by atoms with Crippen LogP contribution >= 0.6 is 8.03 Å². The number of hydrogen-bond acceptors (Lipinski definition) is 1. The van der Waals surface area contributed by atoms with Crippen molar-refractivity contribution in [3.63, 3.8) is 0 Å². The fraction of sp³-hybridized carbons (Fsp3) is 0.667. The van der Waals surface area contributed by atoms with Gasteiger partial charge in [0.25, 0.3) is 0 Å². The molecule has 0 bridgehead atoms. The normalized spacial score (nSPS) is 11.8. The molecule has 2 nitrogen and oxygen atoms in total. The van der Waals surface area contributed by atoms with Crippen molar-refractivity contribution in [2.24, 2.45) is 0 Å². The Labute approximate surface area is 63.5 Å². The maximum absolute atomic E-state index is 10.1. The van der Waals surface area contributed by atoms with E-state index in [0.29, 0.717) is 0 Å². The summed E-state index contributed by atoms with van der Waals surface area (Å²) in [4.78, 5) is 8.37. The van der Waals surface area contributed by atoms with Crippen LogP contribution in [0.2, 0.25) is 19.6 Å². The second-order valence-corrected chi connectivity index (χ2v) is 8.83. The van der Waals surface area contributed by atoms with E-state index in [2.05, 4.69) is 31.1 Å². The second-order valence-electron chi connectivity index (χ2n) is 3.06. The predicted octanol–water partition coefficient (Wildman–Crippen LogP) is 1.60. The molecule has 0 aromatic heterocycles. The predicted molar refractivity (Wildman–Crippen MR) is 45.8 cm³/mol. The summed E-state index contributed by atoms with van der Waals surface area (Å²) in [6.07, 6.45) is 0.125. The monoisotopic (exact) mass is 175 g/mol. The van der Waals surface area contributed by atoms with E-state index >= 15 is 0 Å². The number of hydrogen-bond donors (Lipinski definition) is 1. The minimum atomic E-state index is -2.05. The SMILES string of the molecule is C[Si](C)(C)C#CC[P+](=O)O. The van der Waals surface area contributed by atoms with Gasteiger partial charge in [-0.3, -0.25) is 0 Å². The van der Waals surface area contributed by atoms with Gasteiger partial charge in [-0.05, 0) is 4.57 Å². The van der Waals surface area contributed by atoms with Gasteiger partial charge in [0.1, 0.15) is 8.07 Å². The van der Waals surface area contributed by atoms with Crippen LogP contribution in [0, 0.1) is 11.5 Å². The molecule has 0 fully saturated rings. The molecule has 0 rings (SSSR count). The third-order valence-corrected chi connectivity index (χ3v) is 2.03. The Balaban J connectivity index is 3.82. The number of rotatable bonds is 1. The molecule has 0 aromatic carbocycles. The zero-order valence-corrected chi connectivity index (χ0v) is 8.40. The lowest BCUT2D eigenvalue weighted by Crippen LogP contribution is -2.16. The van der Waals surface area contributed by atoms with Gasteiger partial charge in [-0.1, -0.05) is 25.6 Å². The Bertz CT molecular complexity index is 184. The first-order valence-electron chi connectivity index (χ1n) is 3.05. The lowest BCUT2D eigenvalue weighted by Gasteiger charge is -2.01. The Kier molecular flexibility index (Phi) is 3.81. The highest BCUT2D eigenvalue weighted by Gasteiger charge is 2.09. The molecule has 1 atom stereocenters. The van der Waals surface area contributed by atoms with Gasteiger partial charge < -0.3 is 0 Å². The lowest BCUT2D eigenvalue weighted by molar-refractivity contribution is 0.506. The smallest absolute Gasteiger partial charge is 0.160 e. The summed E-state index contributed by atoms with van der Waals surface area (Å²) < 4.78 is 10.1. The van der Waals surface area contributed by atoms with Crippen molar-refractivity contribution in [1.82, 2.24) is 0 Å². The fourth-order valence-electron chi connectivity index (χ4n) is 0.372. The van der Waals surface area contributed by atoms with Crippen molar-refractivity contribution < 1.29 is 9.46 Å². The van der Waals surface area contributed by atoms with E-state index in [1.807, 2.05) is 0 Å². The summed E-state index contributed by atoms with van der Waals surface area (Å²) in [7, 11) is -3.38. The molecular weight excluding hydrogens is 163 g/mol. The van der Waals surface area contributed by atoms with E-state index in [-0.39, 0.29) is 6.16 Å². The molecule has 0 saturated heterocycles. The van der Waals surface area contributed by atoms with Crippen LogP contribution in [0.1, 0.15) is 0 Å². The van der Waals surface area contributed by atoms with Gasteiger partial charge in [0, 0.05) is 0 Å². The van der Waals surface area contributed by atoms with Crippen LogP contribution in [-0.2, 0) is 4.57 Å². The summed E-state index contributed by atoms with van der Waals surface area (Å²) in [6.45, 7) is 6.30. The van der Waals surface area contributed by atoms with E-state index in [9.17, 15) is 4.57 Å². The first-order valence-corrected chi connectivity index (χ1v) is 7.95. The summed E-state index contributed by atoms with van der Waals surface area (Å²) in [5.41, 5.74) is 3.00. The molecule has 56 valence electrons. The molecule has 0 spiro atoms. The molecule has 0 aliphatic carbocycles. The Morgan fingerprint density at radius 2 is 2.00 bits per heavy atom. The Hall–Kier alpha value is -0.163. The highest BCUT2D eigenvalue weighted by Crippen LogP contribution is 2.09. The fourth-order valence-corrected chi connectivity index (χ4v) is 1.35. The zero-order valence-electron chi connectivity index (χ0n) is 6.51. The molecule has 0 saturated carbocycles. The van der Waals surface area contributed by atoms with E-state index in [1.54, 1.807) is 0 Å². The quantitative estimate of drug-likeness (QED) is 0.373. The van der Waals surface area contributed by atoms with E-state index < -0.39 is 16.1 Å². The topological polar surface area (TPSA) is 37.3 Å². The zero-order chi connectivity index (χ0) is 8.20. The third-order valence-electron chi connectivity index (χ3n) is 0.678. The van der Waals surface area contributed by atoms with Crippen LogP contribution in [-0.4, -0.2) is 19.1 Å². The maximum Gasteiger partial charge on any atom is 0.518 e. The summed E-state index contributed by atoms with van der Waals surface area (Å²) in [5.74, 6) is 2.70. The first kappa shape index (κ1) is 9.84. The Morgan fingerprint density at radius 1 is 1.50 bits per heavy atom. The maximum atomic E-state index is 10.1. The van der Waals surface area contributed by atoms with Gasteiger partial charge in [0.15, 0.2) is 0 Å².